The zero-order valence-electron chi connectivity index (χ0n) is 11.0. The summed E-state index contributed by atoms with van der Waals surface area (Å²) in [6, 6.07) is 6.35. The van der Waals surface area contributed by atoms with Crippen LogP contribution in [0.1, 0.15) is 36.8 Å². The SMILES string of the molecule is COc1ccc(C)cc1CNCCCC1CC1. The fourth-order valence-corrected chi connectivity index (χ4v) is 2.19. The lowest BCUT2D eigenvalue weighted by atomic mass is 10.1. The third-order valence-corrected chi connectivity index (χ3v) is 3.41. The van der Waals surface area contributed by atoms with Crippen LogP contribution in [-0.4, -0.2) is 13.7 Å². The number of rotatable bonds is 7. The molecule has 94 valence electrons. The highest BCUT2D eigenvalue weighted by molar-refractivity contribution is 5.36. The standard InChI is InChI=1S/C15H23NO/c1-12-5-8-15(17-2)14(10-12)11-16-9-3-4-13-6-7-13/h5,8,10,13,16H,3-4,6-7,9,11H2,1-2H3. The first-order valence-corrected chi connectivity index (χ1v) is 6.64. The van der Waals surface area contributed by atoms with Crippen molar-refractivity contribution in [2.75, 3.05) is 13.7 Å². The first-order chi connectivity index (χ1) is 8.29. The van der Waals surface area contributed by atoms with E-state index in [0.717, 1.165) is 24.8 Å². The zero-order chi connectivity index (χ0) is 12.1. The Morgan fingerprint density at radius 1 is 1.35 bits per heavy atom. The van der Waals surface area contributed by atoms with Crippen LogP contribution in [0.4, 0.5) is 0 Å². The van der Waals surface area contributed by atoms with E-state index in [-0.39, 0.29) is 0 Å². The molecule has 1 aliphatic rings. The smallest absolute Gasteiger partial charge is 0.123 e. The molecular formula is C15H23NO. The van der Waals surface area contributed by atoms with Crippen molar-refractivity contribution < 1.29 is 4.74 Å². The highest BCUT2D eigenvalue weighted by Gasteiger charge is 2.19. The highest BCUT2D eigenvalue weighted by atomic mass is 16.5. The number of benzene rings is 1. The number of hydrogen-bond acceptors (Lipinski definition) is 2. The third-order valence-electron chi connectivity index (χ3n) is 3.41. The lowest BCUT2D eigenvalue weighted by Crippen LogP contribution is -2.15. The monoisotopic (exact) mass is 233 g/mol. The minimum atomic E-state index is 0.912. The average molecular weight is 233 g/mol. The van der Waals surface area contributed by atoms with Gasteiger partial charge in [0.25, 0.3) is 0 Å². The minimum absolute atomic E-state index is 0.912. The molecule has 0 unspecified atom stereocenters. The molecular weight excluding hydrogens is 210 g/mol. The van der Waals surface area contributed by atoms with Crippen LogP contribution in [0.3, 0.4) is 0 Å². The lowest BCUT2D eigenvalue weighted by Gasteiger charge is -2.10. The molecule has 2 heteroatoms. The number of nitrogens with one attached hydrogen (secondary N) is 1. The van der Waals surface area contributed by atoms with E-state index < -0.39 is 0 Å². The van der Waals surface area contributed by atoms with Crippen LogP contribution in [0.5, 0.6) is 5.75 Å². The van der Waals surface area contributed by atoms with Gasteiger partial charge in [-0.2, -0.15) is 0 Å². The zero-order valence-corrected chi connectivity index (χ0v) is 11.0. The molecule has 1 aliphatic carbocycles. The van der Waals surface area contributed by atoms with Crippen LogP contribution in [-0.2, 0) is 6.54 Å². The third kappa shape index (κ3) is 4.04. The van der Waals surface area contributed by atoms with Crippen LogP contribution in [0.2, 0.25) is 0 Å². The summed E-state index contributed by atoms with van der Waals surface area (Å²) in [6.07, 6.45) is 5.63. The van der Waals surface area contributed by atoms with E-state index in [9.17, 15) is 0 Å². The number of hydrogen-bond donors (Lipinski definition) is 1. The van der Waals surface area contributed by atoms with E-state index in [1.165, 1.54) is 36.8 Å². The van der Waals surface area contributed by atoms with Crippen molar-refractivity contribution in [3.8, 4) is 5.75 Å². The molecule has 0 saturated heterocycles. The molecule has 2 rings (SSSR count). The van der Waals surface area contributed by atoms with Crippen LogP contribution in [0.15, 0.2) is 18.2 Å². The van der Waals surface area contributed by atoms with Crippen molar-refractivity contribution in [2.24, 2.45) is 5.92 Å². The summed E-state index contributed by atoms with van der Waals surface area (Å²) < 4.78 is 5.37. The predicted octanol–water partition coefficient (Wildman–Crippen LogP) is 3.28. The van der Waals surface area contributed by atoms with E-state index in [2.05, 4.69) is 30.4 Å². The summed E-state index contributed by atoms with van der Waals surface area (Å²) in [5, 5.41) is 3.51. The number of methoxy groups -OCH3 is 1. The minimum Gasteiger partial charge on any atom is -0.496 e. The molecule has 1 aromatic carbocycles. The molecule has 0 atom stereocenters. The molecule has 0 radical (unpaired) electrons. The summed E-state index contributed by atoms with van der Waals surface area (Å²) >= 11 is 0. The maximum absolute atomic E-state index is 5.37. The fraction of sp³-hybridized carbons (Fsp3) is 0.600. The Labute approximate surface area is 104 Å². The van der Waals surface area contributed by atoms with E-state index >= 15 is 0 Å². The Morgan fingerprint density at radius 2 is 2.18 bits per heavy atom. The predicted molar refractivity (Wildman–Crippen MR) is 71.4 cm³/mol. The first-order valence-electron chi connectivity index (χ1n) is 6.64. The van der Waals surface area contributed by atoms with Crippen molar-refractivity contribution in [3.05, 3.63) is 29.3 Å². The summed E-state index contributed by atoms with van der Waals surface area (Å²) in [5.41, 5.74) is 2.56. The van der Waals surface area contributed by atoms with Gasteiger partial charge in [0.05, 0.1) is 7.11 Å². The van der Waals surface area contributed by atoms with Crippen LogP contribution in [0, 0.1) is 12.8 Å². The van der Waals surface area contributed by atoms with Gasteiger partial charge in [-0.05, 0) is 38.3 Å². The van der Waals surface area contributed by atoms with E-state index in [1.54, 1.807) is 7.11 Å². The maximum Gasteiger partial charge on any atom is 0.123 e. The van der Waals surface area contributed by atoms with Gasteiger partial charge in [-0.3, -0.25) is 0 Å². The molecule has 17 heavy (non-hydrogen) atoms. The molecule has 0 bridgehead atoms. The molecule has 0 aliphatic heterocycles. The van der Waals surface area contributed by atoms with Gasteiger partial charge >= 0.3 is 0 Å². The molecule has 1 aromatic rings. The largest absolute Gasteiger partial charge is 0.496 e. The van der Waals surface area contributed by atoms with Gasteiger partial charge in [-0.1, -0.05) is 30.5 Å². The van der Waals surface area contributed by atoms with Crippen LogP contribution < -0.4 is 10.1 Å². The van der Waals surface area contributed by atoms with Gasteiger partial charge in [-0.15, -0.1) is 0 Å². The Hall–Kier alpha value is -1.02. The Kier molecular flexibility index (Phi) is 4.43. The summed E-state index contributed by atoms with van der Waals surface area (Å²) in [5.74, 6) is 2.04. The molecule has 0 heterocycles. The van der Waals surface area contributed by atoms with Gasteiger partial charge in [-0.25, -0.2) is 0 Å². The fourth-order valence-electron chi connectivity index (χ4n) is 2.19. The normalized spacial score (nSPS) is 14.9. The van der Waals surface area contributed by atoms with Crippen molar-refractivity contribution in [3.63, 3.8) is 0 Å². The molecule has 0 amide bonds. The van der Waals surface area contributed by atoms with Crippen LogP contribution in [0.25, 0.3) is 0 Å². The van der Waals surface area contributed by atoms with E-state index in [1.807, 2.05) is 0 Å². The molecule has 0 aromatic heterocycles. The Morgan fingerprint density at radius 3 is 2.88 bits per heavy atom. The summed E-state index contributed by atoms with van der Waals surface area (Å²) in [4.78, 5) is 0. The second kappa shape index (κ2) is 6.06. The van der Waals surface area contributed by atoms with Crippen molar-refractivity contribution in [1.29, 1.82) is 0 Å². The highest BCUT2D eigenvalue weighted by Crippen LogP contribution is 2.33. The molecule has 1 N–H and O–H groups in total. The van der Waals surface area contributed by atoms with Crippen molar-refractivity contribution >= 4 is 0 Å². The van der Waals surface area contributed by atoms with Gasteiger partial charge in [0.15, 0.2) is 0 Å². The second-order valence-corrected chi connectivity index (χ2v) is 5.08. The van der Waals surface area contributed by atoms with Gasteiger partial charge < -0.3 is 10.1 Å². The van der Waals surface area contributed by atoms with Gasteiger partial charge in [0, 0.05) is 12.1 Å². The van der Waals surface area contributed by atoms with Gasteiger partial charge in [0.2, 0.25) is 0 Å². The molecule has 1 fully saturated rings. The van der Waals surface area contributed by atoms with Crippen molar-refractivity contribution in [1.82, 2.24) is 5.32 Å². The van der Waals surface area contributed by atoms with E-state index in [4.69, 9.17) is 4.74 Å². The topological polar surface area (TPSA) is 21.3 Å². The van der Waals surface area contributed by atoms with Gasteiger partial charge in [0.1, 0.15) is 5.75 Å². The Bertz CT molecular complexity index is 358. The summed E-state index contributed by atoms with van der Waals surface area (Å²) in [7, 11) is 1.74. The first kappa shape index (κ1) is 12.4. The number of aryl methyl sites for hydroxylation is 1. The molecule has 0 spiro atoms. The second-order valence-electron chi connectivity index (χ2n) is 5.08. The maximum atomic E-state index is 5.37. The average Bonchev–Trinajstić information content (AvgIpc) is 3.13. The van der Waals surface area contributed by atoms with Crippen LogP contribution >= 0.6 is 0 Å². The lowest BCUT2D eigenvalue weighted by molar-refractivity contribution is 0.407. The van der Waals surface area contributed by atoms with Crippen molar-refractivity contribution in [2.45, 2.75) is 39.2 Å². The number of ether oxygens (including phenoxy) is 1. The van der Waals surface area contributed by atoms with E-state index in [0.29, 0.717) is 0 Å². The molecule has 1 saturated carbocycles. The summed E-state index contributed by atoms with van der Waals surface area (Å²) in [6.45, 7) is 4.15. The molecule has 2 nitrogen and oxygen atoms in total. The quantitative estimate of drug-likeness (QED) is 0.730. The Balaban J connectivity index is 1.74.